The molecule has 0 saturated carbocycles. The Hall–Kier alpha value is -2.63. The van der Waals surface area contributed by atoms with E-state index >= 15 is 0 Å². The predicted octanol–water partition coefficient (Wildman–Crippen LogP) is 1.09. The summed E-state index contributed by atoms with van der Waals surface area (Å²) in [5.74, 6) is -0.344. The maximum absolute atomic E-state index is 12.3. The van der Waals surface area contributed by atoms with E-state index in [4.69, 9.17) is 0 Å². The largest absolute Gasteiger partial charge is 0.354 e. The zero-order valence-electron chi connectivity index (χ0n) is 11.4. The van der Waals surface area contributed by atoms with Gasteiger partial charge < -0.3 is 10.6 Å². The number of hydrogen-bond donors (Lipinski definition) is 3. The van der Waals surface area contributed by atoms with Crippen molar-refractivity contribution in [1.29, 1.82) is 0 Å². The van der Waals surface area contributed by atoms with Gasteiger partial charge in [-0.1, -0.05) is 12.1 Å². The van der Waals surface area contributed by atoms with Crippen LogP contribution in [0.5, 0.6) is 0 Å². The van der Waals surface area contributed by atoms with Crippen LogP contribution in [0.3, 0.4) is 0 Å². The molecular formula is C15H16N4O2. The Balaban J connectivity index is 1.75. The molecule has 3 N–H and O–H groups in total. The van der Waals surface area contributed by atoms with Crippen molar-refractivity contribution in [2.75, 3.05) is 6.54 Å². The molecule has 0 bridgehead atoms. The van der Waals surface area contributed by atoms with E-state index in [1.807, 2.05) is 12.1 Å². The van der Waals surface area contributed by atoms with Gasteiger partial charge in [0, 0.05) is 23.9 Å². The van der Waals surface area contributed by atoms with Crippen LogP contribution in [0.2, 0.25) is 0 Å². The van der Waals surface area contributed by atoms with Crippen LogP contribution in [-0.4, -0.2) is 34.6 Å². The molecule has 3 rings (SSSR count). The Morgan fingerprint density at radius 1 is 1.33 bits per heavy atom. The molecule has 1 aliphatic heterocycles. The number of nitrogens with zero attached hydrogens (tertiary/aromatic N) is 1. The van der Waals surface area contributed by atoms with Gasteiger partial charge in [0.25, 0.3) is 5.91 Å². The third kappa shape index (κ3) is 2.94. The minimum absolute atomic E-state index is 0.111. The van der Waals surface area contributed by atoms with Gasteiger partial charge in [0.2, 0.25) is 5.91 Å². The van der Waals surface area contributed by atoms with E-state index in [9.17, 15) is 9.59 Å². The second kappa shape index (κ2) is 5.78. The van der Waals surface area contributed by atoms with Crippen molar-refractivity contribution in [3.05, 3.63) is 42.2 Å². The van der Waals surface area contributed by atoms with Gasteiger partial charge in [0.05, 0.1) is 6.20 Å². The molecule has 1 fully saturated rings. The molecule has 108 valence electrons. The number of aromatic amines is 1. The molecule has 1 aromatic carbocycles. The maximum Gasteiger partial charge on any atom is 0.251 e. The number of rotatable bonds is 3. The molecule has 0 aliphatic carbocycles. The molecule has 2 aromatic rings. The highest BCUT2D eigenvalue weighted by atomic mass is 16.2. The monoisotopic (exact) mass is 284 g/mol. The number of benzene rings is 1. The maximum atomic E-state index is 12.3. The highest BCUT2D eigenvalue weighted by Gasteiger charge is 2.24. The average molecular weight is 284 g/mol. The van der Waals surface area contributed by atoms with Crippen molar-refractivity contribution in [1.82, 2.24) is 20.8 Å². The molecule has 6 heteroatoms. The molecule has 1 atom stereocenters. The molecule has 1 aromatic heterocycles. The van der Waals surface area contributed by atoms with Crippen molar-refractivity contribution < 1.29 is 9.59 Å². The number of piperidine rings is 1. The normalized spacial score (nSPS) is 18.1. The van der Waals surface area contributed by atoms with Crippen LogP contribution in [-0.2, 0) is 4.79 Å². The van der Waals surface area contributed by atoms with Crippen LogP contribution >= 0.6 is 0 Å². The number of hydrogen-bond acceptors (Lipinski definition) is 3. The van der Waals surface area contributed by atoms with Gasteiger partial charge in [-0.3, -0.25) is 14.7 Å². The zero-order valence-corrected chi connectivity index (χ0v) is 11.4. The first kappa shape index (κ1) is 13.4. The summed E-state index contributed by atoms with van der Waals surface area (Å²) >= 11 is 0. The van der Waals surface area contributed by atoms with Gasteiger partial charge in [-0.15, -0.1) is 0 Å². The first-order chi connectivity index (χ1) is 10.2. The van der Waals surface area contributed by atoms with Crippen molar-refractivity contribution >= 4 is 11.8 Å². The van der Waals surface area contributed by atoms with Gasteiger partial charge in [-0.25, -0.2) is 0 Å². The minimum atomic E-state index is -0.441. The highest BCUT2D eigenvalue weighted by molar-refractivity contribution is 5.98. The van der Waals surface area contributed by atoms with Crippen LogP contribution in [0.4, 0.5) is 0 Å². The van der Waals surface area contributed by atoms with E-state index in [1.165, 1.54) is 0 Å². The van der Waals surface area contributed by atoms with Crippen molar-refractivity contribution in [2.45, 2.75) is 18.9 Å². The highest BCUT2D eigenvalue weighted by Crippen LogP contribution is 2.19. The third-order valence-corrected chi connectivity index (χ3v) is 3.55. The van der Waals surface area contributed by atoms with E-state index in [-0.39, 0.29) is 11.8 Å². The number of nitrogens with one attached hydrogen (secondary N) is 3. The predicted molar refractivity (Wildman–Crippen MR) is 77.5 cm³/mol. The average Bonchev–Trinajstić information content (AvgIpc) is 3.04. The van der Waals surface area contributed by atoms with Gasteiger partial charge in [-0.2, -0.15) is 5.10 Å². The molecule has 0 unspecified atom stereocenters. The second-order valence-electron chi connectivity index (χ2n) is 5.03. The summed E-state index contributed by atoms with van der Waals surface area (Å²) in [5, 5.41) is 12.2. The molecule has 1 saturated heterocycles. The number of aromatic nitrogens is 2. The Morgan fingerprint density at radius 2 is 2.24 bits per heavy atom. The first-order valence-corrected chi connectivity index (χ1v) is 6.92. The van der Waals surface area contributed by atoms with Crippen LogP contribution in [0.25, 0.3) is 11.1 Å². The number of carbonyl (C=O) groups is 2. The summed E-state index contributed by atoms with van der Waals surface area (Å²) in [5.41, 5.74) is 2.36. The van der Waals surface area contributed by atoms with Crippen LogP contribution in [0.1, 0.15) is 23.2 Å². The van der Waals surface area contributed by atoms with Crippen molar-refractivity contribution in [2.24, 2.45) is 0 Å². The second-order valence-corrected chi connectivity index (χ2v) is 5.03. The smallest absolute Gasteiger partial charge is 0.251 e. The zero-order chi connectivity index (χ0) is 14.7. The summed E-state index contributed by atoms with van der Waals surface area (Å²) in [6, 6.07) is 6.82. The van der Waals surface area contributed by atoms with Crippen molar-refractivity contribution in [3.8, 4) is 11.1 Å². The summed E-state index contributed by atoms with van der Waals surface area (Å²) in [4.78, 5) is 23.9. The van der Waals surface area contributed by atoms with E-state index < -0.39 is 6.04 Å². The Bertz CT molecular complexity index is 651. The van der Waals surface area contributed by atoms with E-state index in [0.717, 1.165) is 17.5 Å². The number of H-pyrrole nitrogens is 1. The van der Waals surface area contributed by atoms with E-state index in [0.29, 0.717) is 18.5 Å². The fourth-order valence-electron chi connectivity index (χ4n) is 2.40. The first-order valence-electron chi connectivity index (χ1n) is 6.92. The SMILES string of the molecule is O=C(N[C@@H]1CCCNC1=O)c1cccc(-c2cn[nH]c2)c1. The fourth-order valence-corrected chi connectivity index (χ4v) is 2.40. The van der Waals surface area contributed by atoms with Crippen LogP contribution < -0.4 is 10.6 Å². The lowest BCUT2D eigenvalue weighted by Gasteiger charge is -2.22. The van der Waals surface area contributed by atoms with E-state index in [2.05, 4.69) is 20.8 Å². The Morgan fingerprint density at radius 3 is 3.00 bits per heavy atom. The van der Waals surface area contributed by atoms with Crippen LogP contribution in [0.15, 0.2) is 36.7 Å². The van der Waals surface area contributed by atoms with Gasteiger partial charge in [-0.05, 0) is 30.5 Å². The third-order valence-electron chi connectivity index (χ3n) is 3.55. The summed E-state index contributed by atoms with van der Waals surface area (Å²) < 4.78 is 0. The number of amides is 2. The summed E-state index contributed by atoms with van der Waals surface area (Å²) in [7, 11) is 0. The molecule has 0 radical (unpaired) electrons. The van der Waals surface area contributed by atoms with Gasteiger partial charge >= 0.3 is 0 Å². The lowest BCUT2D eigenvalue weighted by molar-refractivity contribution is -0.124. The fraction of sp³-hybridized carbons (Fsp3) is 0.267. The molecule has 21 heavy (non-hydrogen) atoms. The number of carbonyl (C=O) groups excluding carboxylic acids is 2. The minimum Gasteiger partial charge on any atom is -0.354 e. The molecule has 1 aliphatic rings. The molecular weight excluding hydrogens is 268 g/mol. The molecule has 2 heterocycles. The van der Waals surface area contributed by atoms with Crippen molar-refractivity contribution in [3.63, 3.8) is 0 Å². The van der Waals surface area contributed by atoms with E-state index in [1.54, 1.807) is 24.5 Å². The van der Waals surface area contributed by atoms with Crippen LogP contribution in [0, 0.1) is 0 Å². The summed E-state index contributed by atoms with van der Waals surface area (Å²) in [6.45, 7) is 0.682. The Kier molecular flexibility index (Phi) is 3.68. The van der Waals surface area contributed by atoms with Gasteiger partial charge in [0.1, 0.15) is 6.04 Å². The quantitative estimate of drug-likeness (QED) is 0.788. The molecule has 0 spiro atoms. The molecule has 6 nitrogen and oxygen atoms in total. The lowest BCUT2D eigenvalue weighted by atomic mass is 10.0. The van der Waals surface area contributed by atoms with Gasteiger partial charge in [0.15, 0.2) is 0 Å². The topological polar surface area (TPSA) is 86.9 Å². The molecule has 2 amide bonds. The Labute approximate surface area is 121 Å². The lowest BCUT2D eigenvalue weighted by Crippen LogP contribution is -2.50. The standard InChI is InChI=1S/C15H16N4O2/c20-14(19-13-5-2-6-16-15(13)21)11-4-1-3-10(7-11)12-8-17-18-9-12/h1,3-4,7-9,13H,2,5-6H2,(H,16,21)(H,17,18)(H,19,20)/t13-/m1/s1. The summed E-state index contributed by atoms with van der Waals surface area (Å²) in [6.07, 6.45) is 5.03.